The number of rotatable bonds is 5. The van der Waals surface area contributed by atoms with Crippen LogP contribution in [0.5, 0.6) is 0 Å². The lowest BCUT2D eigenvalue weighted by Crippen LogP contribution is -2.32. The minimum atomic E-state index is -4.73. The molecule has 162 valence electrons. The molecule has 0 unspecified atom stereocenters. The Morgan fingerprint density at radius 3 is 2.43 bits per heavy atom. The number of nitrogens with zero attached hydrogens (tertiary/aromatic N) is 2. The van der Waals surface area contributed by atoms with Crippen molar-refractivity contribution in [2.45, 2.75) is 32.1 Å². The van der Waals surface area contributed by atoms with E-state index in [4.69, 9.17) is 17.3 Å². The van der Waals surface area contributed by atoms with E-state index in [9.17, 15) is 27.2 Å². The van der Waals surface area contributed by atoms with Gasteiger partial charge in [-0.3, -0.25) is 9.69 Å². The van der Waals surface area contributed by atoms with Crippen LogP contribution in [0.3, 0.4) is 0 Å². The molecule has 3 N–H and O–H groups in total. The zero-order valence-corrected chi connectivity index (χ0v) is 16.5. The Hall–Kier alpha value is -2.59. The summed E-state index contributed by atoms with van der Waals surface area (Å²) in [6, 6.07) is 3.07. The number of likely N-dealkylation sites (tertiary alicyclic amines) is 1. The van der Waals surface area contributed by atoms with Crippen LogP contribution in [-0.2, 0) is 19.3 Å². The Kier molecular flexibility index (Phi) is 6.37. The molecule has 0 atom stereocenters. The molecule has 2 amide bonds. The van der Waals surface area contributed by atoms with Gasteiger partial charge in [0, 0.05) is 17.8 Å². The Balaban J connectivity index is 2.07. The number of carbonyl (C=O) groups excluding carboxylic acids is 1. The van der Waals surface area contributed by atoms with Gasteiger partial charge in [0.15, 0.2) is 0 Å². The van der Waals surface area contributed by atoms with Crippen LogP contribution in [0.25, 0.3) is 0 Å². The highest BCUT2D eigenvalue weighted by Gasteiger charge is 2.32. The molecule has 2 aromatic rings. The summed E-state index contributed by atoms with van der Waals surface area (Å²) in [4.78, 5) is 26.1. The summed E-state index contributed by atoms with van der Waals surface area (Å²) in [6.07, 6.45) is -2.75. The Morgan fingerprint density at radius 2 is 1.83 bits per heavy atom. The number of primary amides is 1. The first-order valence-corrected chi connectivity index (χ1v) is 9.50. The molecule has 1 fully saturated rings. The summed E-state index contributed by atoms with van der Waals surface area (Å²) in [5.41, 5.74) is 3.15. The van der Waals surface area contributed by atoms with E-state index in [0.29, 0.717) is 24.4 Å². The first-order chi connectivity index (χ1) is 14.1. The quantitative estimate of drug-likeness (QED) is 0.686. The van der Waals surface area contributed by atoms with Crippen molar-refractivity contribution in [1.82, 2.24) is 9.47 Å². The number of carbonyl (C=O) groups is 1. The summed E-state index contributed by atoms with van der Waals surface area (Å²) in [7, 11) is 0. The van der Waals surface area contributed by atoms with Gasteiger partial charge in [-0.1, -0.05) is 11.6 Å². The average molecular weight is 447 g/mol. The van der Waals surface area contributed by atoms with Crippen molar-refractivity contribution >= 4 is 23.3 Å². The van der Waals surface area contributed by atoms with Crippen molar-refractivity contribution < 1.29 is 22.4 Å². The van der Waals surface area contributed by atoms with E-state index in [1.807, 2.05) is 0 Å². The molecule has 1 aromatic heterocycles. The van der Waals surface area contributed by atoms with Crippen LogP contribution in [-0.4, -0.2) is 28.6 Å². The number of amides is 2. The van der Waals surface area contributed by atoms with Crippen LogP contribution < -0.4 is 16.6 Å². The Bertz CT molecular complexity index is 1020. The number of benzene rings is 1. The maximum atomic E-state index is 14.5. The number of alkyl halides is 3. The number of nitrogens with one attached hydrogen (secondary N) is 1. The molecule has 1 aromatic carbocycles. The summed E-state index contributed by atoms with van der Waals surface area (Å²) in [6.45, 7) is 1.46. The summed E-state index contributed by atoms with van der Waals surface area (Å²) in [5, 5.41) is 1.48. The van der Waals surface area contributed by atoms with Gasteiger partial charge >= 0.3 is 12.2 Å². The predicted octanol–water partition coefficient (Wildman–Crippen LogP) is 3.79. The SMILES string of the molecule is NC(=O)Nc1ccc(CN2CCCC2)n(Cc2cc(C(F)(F)F)cc(Cl)c2F)c1=O. The van der Waals surface area contributed by atoms with Gasteiger partial charge in [-0.05, 0) is 50.2 Å². The molecule has 0 bridgehead atoms. The molecule has 1 aliphatic rings. The fourth-order valence-electron chi connectivity index (χ4n) is 3.42. The van der Waals surface area contributed by atoms with Gasteiger partial charge in [0.1, 0.15) is 11.5 Å². The normalized spacial score (nSPS) is 14.8. The van der Waals surface area contributed by atoms with E-state index >= 15 is 0 Å². The van der Waals surface area contributed by atoms with Gasteiger partial charge in [0.05, 0.1) is 17.1 Å². The highest BCUT2D eigenvalue weighted by atomic mass is 35.5. The molecule has 2 heterocycles. The third kappa shape index (κ3) is 4.93. The van der Waals surface area contributed by atoms with Gasteiger partial charge in [0.25, 0.3) is 5.56 Å². The predicted molar refractivity (Wildman–Crippen MR) is 104 cm³/mol. The van der Waals surface area contributed by atoms with Crippen LogP contribution in [0.4, 0.5) is 28.0 Å². The van der Waals surface area contributed by atoms with Gasteiger partial charge in [0.2, 0.25) is 0 Å². The largest absolute Gasteiger partial charge is 0.416 e. The van der Waals surface area contributed by atoms with E-state index < -0.39 is 46.3 Å². The molecule has 0 aliphatic carbocycles. The molecule has 0 radical (unpaired) electrons. The highest BCUT2D eigenvalue weighted by molar-refractivity contribution is 6.30. The van der Waals surface area contributed by atoms with E-state index in [2.05, 4.69) is 10.2 Å². The third-order valence-corrected chi connectivity index (χ3v) is 5.14. The smallest absolute Gasteiger partial charge is 0.351 e. The standard InChI is InChI=1S/C19H19ClF4N4O2/c20-14-8-12(19(22,23)24)7-11(16(14)21)9-28-13(10-27-5-1-2-6-27)3-4-15(17(28)29)26-18(25)30/h3-4,7-8H,1-2,5-6,9-10H2,(H3,25,26,30). The van der Waals surface area contributed by atoms with Crippen LogP contribution in [0.2, 0.25) is 5.02 Å². The van der Waals surface area contributed by atoms with Crippen molar-refractivity contribution in [2.24, 2.45) is 5.73 Å². The first-order valence-electron chi connectivity index (χ1n) is 9.13. The molecular weight excluding hydrogens is 428 g/mol. The van der Waals surface area contributed by atoms with Gasteiger partial charge < -0.3 is 15.6 Å². The Morgan fingerprint density at radius 1 is 1.17 bits per heavy atom. The number of pyridine rings is 1. The number of hydrogen-bond donors (Lipinski definition) is 2. The fraction of sp³-hybridized carbons (Fsp3) is 0.368. The van der Waals surface area contributed by atoms with E-state index in [1.54, 1.807) is 6.07 Å². The highest BCUT2D eigenvalue weighted by Crippen LogP contribution is 2.33. The second-order valence-corrected chi connectivity index (χ2v) is 7.44. The van der Waals surface area contributed by atoms with Gasteiger partial charge in [-0.25, -0.2) is 9.18 Å². The molecule has 0 spiro atoms. The second-order valence-electron chi connectivity index (χ2n) is 7.03. The first kappa shape index (κ1) is 22.1. The number of halogens is 5. The molecule has 6 nitrogen and oxygen atoms in total. The molecule has 1 saturated heterocycles. The second kappa shape index (κ2) is 8.65. The minimum Gasteiger partial charge on any atom is -0.351 e. The van der Waals surface area contributed by atoms with Gasteiger partial charge in [-0.2, -0.15) is 13.2 Å². The maximum Gasteiger partial charge on any atom is 0.416 e. The molecule has 1 aliphatic heterocycles. The molecule has 11 heteroatoms. The average Bonchev–Trinajstić information content (AvgIpc) is 3.15. The molecule has 30 heavy (non-hydrogen) atoms. The van der Waals surface area contributed by atoms with Crippen LogP contribution in [0, 0.1) is 5.82 Å². The van der Waals surface area contributed by atoms with Crippen LogP contribution in [0.1, 0.15) is 29.7 Å². The number of aromatic nitrogens is 1. The number of urea groups is 1. The lowest BCUT2D eigenvalue weighted by Gasteiger charge is -2.20. The Labute approximate surface area is 174 Å². The summed E-state index contributed by atoms with van der Waals surface area (Å²) in [5.74, 6) is -1.04. The minimum absolute atomic E-state index is 0.161. The van der Waals surface area contributed by atoms with Crippen molar-refractivity contribution in [1.29, 1.82) is 0 Å². The topological polar surface area (TPSA) is 80.4 Å². The van der Waals surface area contributed by atoms with Crippen molar-refractivity contribution in [3.8, 4) is 0 Å². The summed E-state index contributed by atoms with van der Waals surface area (Å²) < 4.78 is 55.1. The number of nitrogens with two attached hydrogens (primary N) is 1. The fourth-order valence-corrected chi connectivity index (χ4v) is 3.66. The molecule has 0 saturated carbocycles. The van der Waals surface area contributed by atoms with Crippen molar-refractivity contribution in [2.75, 3.05) is 18.4 Å². The van der Waals surface area contributed by atoms with Crippen LogP contribution >= 0.6 is 11.6 Å². The van der Waals surface area contributed by atoms with Crippen molar-refractivity contribution in [3.63, 3.8) is 0 Å². The van der Waals surface area contributed by atoms with Crippen LogP contribution in [0.15, 0.2) is 29.1 Å². The monoisotopic (exact) mass is 446 g/mol. The lowest BCUT2D eigenvalue weighted by molar-refractivity contribution is -0.137. The zero-order chi connectivity index (χ0) is 22.1. The molecule has 3 rings (SSSR count). The van der Waals surface area contributed by atoms with E-state index in [-0.39, 0.29) is 5.69 Å². The number of anilines is 1. The van der Waals surface area contributed by atoms with E-state index in [1.165, 1.54) is 6.07 Å². The molecular formula is C19H19ClF4N4O2. The van der Waals surface area contributed by atoms with E-state index in [0.717, 1.165) is 30.5 Å². The third-order valence-electron chi connectivity index (χ3n) is 4.87. The number of hydrogen-bond acceptors (Lipinski definition) is 3. The zero-order valence-electron chi connectivity index (χ0n) is 15.7. The van der Waals surface area contributed by atoms with Gasteiger partial charge in [-0.15, -0.1) is 0 Å². The lowest BCUT2D eigenvalue weighted by atomic mass is 10.1. The maximum absolute atomic E-state index is 14.5. The summed E-state index contributed by atoms with van der Waals surface area (Å²) >= 11 is 5.66. The van der Waals surface area contributed by atoms with Crippen molar-refractivity contribution in [3.05, 3.63) is 62.3 Å².